The lowest BCUT2D eigenvalue weighted by Crippen LogP contribution is -2.32. The molecule has 2 rings (SSSR count). The highest BCUT2D eigenvalue weighted by Crippen LogP contribution is 2.35. The van der Waals surface area contributed by atoms with Crippen LogP contribution in [0.3, 0.4) is 0 Å². The van der Waals surface area contributed by atoms with Crippen molar-refractivity contribution in [2.75, 3.05) is 0 Å². The van der Waals surface area contributed by atoms with E-state index in [4.69, 9.17) is 4.84 Å². The third kappa shape index (κ3) is 1.40. The topological polar surface area (TPSA) is 41.8 Å². The molecule has 0 aliphatic carbocycles. The summed E-state index contributed by atoms with van der Waals surface area (Å²) in [5.41, 5.74) is 1.83. The van der Waals surface area contributed by atoms with E-state index in [0.717, 1.165) is 11.3 Å². The van der Waals surface area contributed by atoms with Crippen LogP contribution in [-0.2, 0) is 4.84 Å². The van der Waals surface area contributed by atoms with E-state index in [1.807, 2.05) is 37.3 Å². The maximum Gasteiger partial charge on any atom is 0.243 e. The fourth-order valence-electron chi connectivity index (χ4n) is 1.85. The maximum atomic E-state index is 9.94. The van der Waals surface area contributed by atoms with Crippen LogP contribution in [0.4, 0.5) is 0 Å². The standard InChI is InChI=1S/C11H13NO2/c1-8-10(11(2,13)14-12-8)9-6-4-3-5-7-9/h3-7,10,13H,1-2H3/t10-,11-/m1/s1. The van der Waals surface area contributed by atoms with Gasteiger partial charge < -0.3 is 9.94 Å². The van der Waals surface area contributed by atoms with Crippen LogP contribution < -0.4 is 0 Å². The Bertz CT molecular complexity index is 357. The van der Waals surface area contributed by atoms with Gasteiger partial charge in [-0.3, -0.25) is 0 Å². The number of hydrogen-bond donors (Lipinski definition) is 1. The Balaban J connectivity index is 2.39. The highest BCUT2D eigenvalue weighted by atomic mass is 16.7. The largest absolute Gasteiger partial charge is 0.360 e. The van der Waals surface area contributed by atoms with Crippen molar-refractivity contribution in [3.8, 4) is 0 Å². The number of rotatable bonds is 1. The summed E-state index contributed by atoms with van der Waals surface area (Å²) in [6.07, 6.45) is 0. The molecule has 1 aliphatic heterocycles. The smallest absolute Gasteiger partial charge is 0.243 e. The minimum Gasteiger partial charge on any atom is -0.360 e. The zero-order valence-electron chi connectivity index (χ0n) is 8.27. The molecule has 1 N–H and O–H groups in total. The molecule has 0 unspecified atom stereocenters. The summed E-state index contributed by atoms with van der Waals surface area (Å²) in [7, 11) is 0. The summed E-state index contributed by atoms with van der Waals surface area (Å²) in [5, 5.41) is 13.8. The lowest BCUT2D eigenvalue weighted by molar-refractivity contribution is -0.179. The average Bonchev–Trinajstić information content (AvgIpc) is 2.42. The third-order valence-electron chi connectivity index (χ3n) is 2.46. The molecule has 0 aromatic heterocycles. The summed E-state index contributed by atoms with van der Waals surface area (Å²) >= 11 is 0. The zero-order chi connectivity index (χ0) is 10.2. The van der Waals surface area contributed by atoms with Gasteiger partial charge in [-0.1, -0.05) is 35.5 Å². The molecule has 3 nitrogen and oxygen atoms in total. The maximum absolute atomic E-state index is 9.94. The number of nitrogens with zero attached hydrogens (tertiary/aromatic N) is 1. The first-order valence-electron chi connectivity index (χ1n) is 4.61. The molecule has 3 heteroatoms. The van der Waals surface area contributed by atoms with Crippen LogP contribution >= 0.6 is 0 Å². The van der Waals surface area contributed by atoms with Crippen LogP contribution in [0, 0.1) is 0 Å². The predicted octanol–water partition coefficient (Wildman–Crippen LogP) is 1.88. The second-order valence-electron chi connectivity index (χ2n) is 3.72. The first-order chi connectivity index (χ1) is 6.61. The van der Waals surface area contributed by atoms with Crippen molar-refractivity contribution in [1.29, 1.82) is 0 Å². The molecule has 0 spiro atoms. The van der Waals surface area contributed by atoms with Crippen molar-refractivity contribution in [3.05, 3.63) is 35.9 Å². The van der Waals surface area contributed by atoms with Crippen molar-refractivity contribution in [2.24, 2.45) is 5.16 Å². The monoisotopic (exact) mass is 191 g/mol. The lowest BCUT2D eigenvalue weighted by atomic mass is 9.88. The Morgan fingerprint density at radius 3 is 2.50 bits per heavy atom. The third-order valence-corrected chi connectivity index (χ3v) is 2.46. The number of aliphatic hydroxyl groups is 1. The number of oxime groups is 1. The molecule has 0 amide bonds. The van der Waals surface area contributed by atoms with Gasteiger partial charge >= 0.3 is 0 Å². The second kappa shape index (κ2) is 3.10. The van der Waals surface area contributed by atoms with Gasteiger partial charge in [0.15, 0.2) is 0 Å². The van der Waals surface area contributed by atoms with E-state index in [0.29, 0.717) is 0 Å². The molecule has 0 bridgehead atoms. The normalized spacial score (nSPS) is 31.1. The van der Waals surface area contributed by atoms with Gasteiger partial charge in [0, 0.05) is 6.92 Å². The van der Waals surface area contributed by atoms with Gasteiger partial charge in [0.25, 0.3) is 0 Å². The highest BCUT2D eigenvalue weighted by Gasteiger charge is 2.42. The van der Waals surface area contributed by atoms with E-state index < -0.39 is 5.79 Å². The summed E-state index contributed by atoms with van der Waals surface area (Å²) in [6.45, 7) is 3.49. The predicted molar refractivity (Wildman–Crippen MR) is 54.0 cm³/mol. The molecule has 0 saturated carbocycles. The Morgan fingerprint density at radius 1 is 1.36 bits per heavy atom. The molecular weight excluding hydrogens is 178 g/mol. The fraction of sp³-hybridized carbons (Fsp3) is 0.364. The molecule has 0 radical (unpaired) electrons. The van der Waals surface area contributed by atoms with Crippen molar-refractivity contribution < 1.29 is 9.94 Å². The Morgan fingerprint density at radius 2 is 2.00 bits per heavy atom. The molecule has 1 heterocycles. The SMILES string of the molecule is CC1=NO[C@@](C)(O)[C@H]1c1ccccc1. The van der Waals surface area contributed by atoms with Gasteiger partial charge in [0.1, 0.15) is 0 Å². The van der Waals surface area contributed by atoms with Crippen LogP contribution in [-0.4, -0.2) is 16.6 Å². The van der Waals surface area contributed by atoms with Crippen LogP contribution in [0.1, 0.15) is 25.3 Å². The molecule has 0 fully saturated rings. The summed E-state index contributed by atoms with van der Waals surface area (Å²) in [5.74, 6) is -1.38. The zero-order valence-corrected chi connectivity index (χ0v) is 8.27. The Kier molecular flexibility index (Phi) is 2.04. The molecular formula is C11H13NO2. The molecule has 2 atom stereocenters. The number of hydrogen-bond acceptors (Lipinski definition) is 3. The average molecular weight is 191 g/mol. The van der Waals surface area contributed by atoms with Crippen LogP contribution in [0.5, 0.6) is 0 Å². The Labute approximate surface area is 83.0 Å². The van der Waals surface area contributed by atoms with E-state index in [1.165, 1.54) is 0 Å². The first kappa shape index (κ1) is 9.21. The van der Waals surface area contributed by atoms with Gasteiger partial charge in [-0.2, -0.15) is 0 Å². The van der Waals surface area contributed by atoms with E-state index >= 15 is 0 Å². The Hall–Kier alpha value is -1.35. The van der Waals surface area contributed by atoms with Gasteiger partial charge in [0.05, 0.1) is 11.6 Å². The van der Waals surface area contributed by atoms with Crippen LogP contribution in [0.2, 0.25) is 0 Å². The van der Waals surface area contributed by atoms with Gasteiger partial charge in [-0.05, 0) is 12.5 Å². The van der Waals surface area contributed by atoms with E-state index in [9.17, 15) is 5.11 Å². The molecule has 0 saturated heterocycles. The first-order valence-corrected chi connectivity index (χ1v) is 4.61. The van der Waals surface area contributed by atoms with E-state index in [1.54, 1.807) is 6.92 Å². The van der Waals surface area contributed by atoms with Crippen molar-refractivity contribution in [2.45, 2.75) is 25.6 Å². The molecule has 14 heavy (non-hydrogen) atoms. The van der Waals surface area contributed by atoms with Crippen LogP contribution in [0.25, 0.3) is 0 Å². The van der Waals surface area contributed by atoms with Crippen molar-refractivity contribution in [1.82, 2.24) is 0 Å². The highest BCUT2D eigenvalue weighted by molar-refractivity contribution is 5.90. The summed E-state index contributed by atoms with van der Waals surface area (Å²) in [4.78, 5) is 4.96. The minimum absolute atomic E-state index is 0.163. The van der Waals surface area contributed by atoms with Crippen molar-refractivity contribution >= 4 is 5.71 Å². The minimum atomic E-state index is -1.22. The summed E-state index contributed by atoms with van der Waals surface area (Å²) in [6, 6.07) is 9.76. The van der Waals surface area contributed by atoms with Gasteiger partial charge in [-0.25, -0.2) is 0 Å². The lowest BCUT2D eigenvalue weighted by Gasteiger charge is -2.23. The fourth-order valence-corrected chi connectivity index (χ4v) is 1.85. The van der Waals surface area contributed by atoms with Crippen molar-refractivity contribution in [3.63, 3.8) is 0 Å². The molecule has 1 aromatic rings. The number of benzene rings is 1. The van der Waals surface area contributed by atoms with E-state index in [-0.39, 0.29) is 5.92 Å². The van der Waals surface area contributed by atoms with Gasteiger partial charge in [-0.15, -0.1) is 0 Å². The van der Waals surface area contributed by atoms with E-state index in [2.05, 4.69) is 5.16 Å². The van der Waals surface area contributed by atoms with Crippen LogP contribution in [0.15, 0.2) is 35.5 Å². The van der Waals surface area contributed by atoms with Gasteiger partial charge in [0.2, 0.25) is 5.79 Å². The molecule has 74 valence electrons. The molecule has 1 aromatic carbocycles. The second-order valence-corrected chi connectivity index (χ2v) is 3.72. The molecule has 1 aliphatic rings. The quantitative estimate of drug-likeness (QED) is 0.736. The summed E-state index contributed by atoms with van der Waals surface area (Å²) < 4.78 is 0.